The zero-order valence-corrected chi connectivity index (χ0v) is 15.8. The van der Waals surface area contributed by atoms with Crippen molar-refractivity contribution in [2.24, 2.45) is 5.10 Å². The Morgan fingerprint density at radius 2 is 1.85 bits per heavy atom. The van der Waals surface area contributed by atoms with Gasteiger partial charge in [-0.1, -0.05) is 11.6 Å². The van der Waals surface area contributed by atoms with Crippen LogP contribution in [0.15, 0.2) is 40.0 Å². The summed E-state index contributed by atoms with van der Waals surface area (Å²) >= 11 is 6.99. The van der Waals surface area contributed by atoms with Crippen molar-refractivity contribution >= 4 is 45.8 Å². The van der Waals surface area contributed by atoms with Crippen LogP contribution in [0.5, 0.6) is 0 Å². The highest BCUT2D eigenvalue weighted by Gasteiger charge is 2.33. The number of hydrogen-bond acceptors (Lipinski definition) is 6. The number of rotatable bonds is 3. The second-order valence-electron chi connectivity index (χ2n) is 6.00. The molecule has 1 fully saturated rings. The third kappa shape index (κ3) is 3.76. The smallest absolute Gasteiger partial charge is 0.267 e. The predicted octanol–water partition coefficient (Wildman–Crippen LogP) is 3.54. The number of piperidine rings is 1. The molecule has 6 nitrogen and oxygen atoms in total. The number of amides is 1. The number of likely N-dealkylation sites (tertiary alicyclic amines) is 1. The maximum absolute atomic E-state index is 12.9. The van der Waals surface area contributed by atoms with E-state index in [0.717, 1.165) is 31.0 Å². The lowest BCUT2D eigenvalue weighted by molar-refractivity contribution is -0.127. The molecule has 0 atom stereocenters. The normalized spacial score (nSPS) is 19.0. The zero-order valence-electron chi connectivity index (χ0n) is 14.2. The van der Waals surface area contributed by atoms with Gasteiger partial charge in [0.1, 0.15) is 16.7 Å². The van der Waals surface area contributed by atoms with Crippen LogP contribution in [-0.2, 0) is 9.59 Å². The molecule has 26 heavy (non-hydrogen) atoms. The fraction of sp³-hybridized carbons (Fsp3) is 0.333. The fourth-order valence-corrected chi connectivity index (χ4v) is 3.83. The summed E-state index contributed by atoms with van der Waals surface area (Å²) < 4.78 is 0. The van der Waals surface area contributed by atoms with Gasteiger partial charge in [0, 0.05) is 25.0 Å². The van der Waals surface area contributed by atoms with Crippen LogP contribution in [0.4, 0.5) is 5.69 Å². The van der Waals surface area contributed by atoms with Crippen molar-refractivity contribution in [2.75, 3.05) is 18.1 Å². The Balaban J connectivity index is 2.02. The van der Waals surface area contributed by atoms with Crippen molar-refractivity contribution in [1.29, 1.82) is 5.26 Å². The molecule has 3 rings (SSSR count). The van der Waals surface area contributed by atoms with Crippen LogP contribution in [0.25, 0.3) is 0 Å². The summed E-state index contributed by atoms with van der Waals surface area (Å²) in [6, 6.07) is 8.88. The summed E-state index contributed by atoms with van der Waals surface area (Å²) in [6.45, 7) is 2.69. The molecular formula is C18H17ClN4O2S. The molecule has 2 heterocycles. The quantitative estimate of drug-likeness (QED) is 0.584. The van der Waals surface area contributed by atoms with Gasteiger partial charge in [-0.05, 0) is 55.3 Å². The number of halogens is 1. The van der Waals surface area contributed by atoms with Crippen molar-refractivity contribution in [3.05, 3.63) is 39.9 Å². The van der Waals surface area contributed by atoms with Gasteiger partial charge < -0.3 is 4.90 Å². The van der Waals surface area contributed by atoms with E-state index in [9.17, 15) is 14.9 Å². The van der Waals surface area contributed by atoms with Crippen LogP contribution < -0.4 is 5.01 Å². The Labute approximate surface area is 161 Å². The van der Waals surface area contributed by atoms with Crippen molar-refractivity contribution in [1.82, 2.24) is 4.90 Å². The van der Waals surface area contributed by atoms with Gasteiger partial charge in [-0.25, -0.2) is 5.01 Å². The van der Waals surface area contributed by atoms with E-state index >= 15 is 0 Å². The first kappa shape index (κ1) is 18.5. The minimum Gasteiger partial charge on any atom is -0.338 e. The Bertz CT molecular complexity index is 836. The molecule has 1 aromatic rings. The topological polar surface area (TPSA) is 76.8 Å². The lowest BCUT2D eigenvalue weighted by Crippen LogP contribution is -2.37. The molecule has 2 aliphatic rings. The van der Waals surface area contributed by atoms with Crippen LogP contribution in [0.3, 0.4) is 0 Å². The minimum absolute atomic E-state index is 0.00634. The van der Waals surface area contributed by atoms with Gasteiger partial charge in [0.05, 0.1) is 5.69 Å². The number of ketones is 1. The number of hydrogen-bond donors (Lipinski definition) is 0. The van der Waals surface area contributed by atoms with Crippen LogP contribution in [0.1, 0.15) is 26.2 Å². The number of nitrogens with zero attached hydrogens (tertiary/aromatic N) is 4. The summed E-state index contributed by atoms with van der Waals surface area (Å²) in [7, 11) is 0. The van der Waals surface area contributed by atoms with Crippen LogP contribution >= 0.6 is 23.4 Å². The Morgan fingerprint density at radius 1 is 1.19 bits per heavy atom. The molecule has 1 amide bonds. The number of nitriles is 1. The first-order chi connectivity index (χ1) is 12.5. The number of benzene rings is 1. The van der Waals surface area contributed by atoms with Crippen LogP contribution in [-0.4, -0.2) is 34.7 Å². The molecule has 134 valence electrons. The minimum atomic E-state index is -0.311. The molecule has 0 bridgehead atoms. The Hall–Kier alpha value is -2.30. The summed E-state index contributed by atoms with van der Waals surface area (Å²) in [6.07, 6.45) is 2.96. The van der Waals surface area contributed by atoms with E-state index in [1.54, 1.807) is 29.2 Å². The first-order valence-electron chi connectivity index (χ1n) is 8.28. The van der Waals surface area contributed by atoms with E-state index in [1.807, 2.05) is 6.07 Å². The van der Waals surface area contributed by atoms with Crippen LogP contribution in [0, 0.1) is 11.3 Å². The van der Waals surface area contributed by atoms with Gasteiger partial charge >= 0.3 is 0 Å². The zero-order chi connectivity index (χ0) is 18.7. The van der Waals surface area contributed by atoms with Crippen molar-refractivity contribution in [3.63, 3.8) is 0 Å². The Morgan fingerprint density at radius 3 is 2.42 bits per heavy atom. The largest absolute Gasteiger partial charge is 0.338 e. The highest BCUT2D eigenvalue weighted by molar-refractivity contribution is 8.19. The van der Waals surface area contributed by atoms with Gasteiger partial charge in [-0.15, -0.1) is 0 Å². The van der Waals surface area contributed by atoms with Gasteiger partial charge in [-0.3, -0.25) is 9.59 Å². The molecule has 1 saturated heterocycles. The Kier molecular flexibility index (Phi) is 5.64. The maximum atomic E-state index is 12.9. The van der Waals surface area contributed by atoms with Crippen molar-refractivity contribution in [3.8, 4) is 6.07 Å². The molecule has 0 saturated carbocycles. The van der Waals surface area contributed by atoms with E-state index in [2.05, 4.69) is 5.10 Å². The second-order valence-corrected chi connectivity index (χ2v) is 7.41. The number of thioether (sulfide) groups is 1. The van der Waals surface area contributed by atoms with Gasteiger partial charge in [0.25, 0.3) is 5.91 Å². The van der Waals surface area contributed by atoms with E-state index in [4.69, 9.17) is 11.6 Å². The molecule has 1 aromatic carbocycles. The standard InChI is InChI=1S/C18H17ClN4O2S/c1-12(24)16-21-23(14-7-5-13(19)6-8-14)18(26-16)15(11-20)17(25)22-9-3-2-4-10-22/h5-8H,2-4,9-10H2,1H3. The van der Waals surface area contributed by atoms with E-state index in [-0.39, 0.29) is 22.3 Å². The highest BCUT2D eigenvalue weighted by Crippen LogP contribution is 2.37. The van der Waals surface area contributed by atoms with Gasteiger partial charge in [0.15, 0.2) is 10.8 Å². The third-order valence-corrected chi connectivity index (χ3v) is 5.52. The molecule has 0 radical (unpaired) electrons. The third-order valence-electron chi connectivity index (χ3n) is 4.13. The maximum Gasteiger partial charge on any atom is 0.267 e. The molecular weight excluding hydrogens is 372 g/mol. The van der Waals surface area contributed by atoms with Crippen molar-refractivity contribution < 1.29 is 9.59 Å². The molecule has 0 unspecified atom stereocenters. The lowest BCUT2D eigenvalue weighted by atomic mass is 10.1. The monoisotopic (exact) mass is 388 g/mol. The molecule has 2 aliphatic heterocycles. The number of Topliss-reactive ketones (excluding diaryl/α,β-unsaturated/α-hetero) is 1. The number of anilines is 1. The summed E-state index contributed by atoms with van der Waals surface area (Å²) in [5, 5.41) is 16.6. The molecule has 0 aliphatic carbocycles. The number of hydrazone groups is 1. The summed E-state index contributed by atoms with van der Waals surface area (Å²) in [5.41, 5.74) is 0.638. The van der Waals surface area contributed by atoms with Gasteiger partial charge in [0.2, 0.25) is 0 Å². The highest BCUT2D eigenvalue weighted by atomic mass is 35.5. The lowest BCUT2D eigenvalue weighted by Gasteiger charge is -2.27. The SMILES string of the molecule is CC(=O)C1=NN(c2ccc(Cl)cc2)C(=C(C#N)C(=O)N2CCCCC2)S1. The van der Waals surface area contributed by atoms with E-state index in [0.29, 0.717) is 28.8 Å². The first-order valence-corrected chi connectivity index (χ1v) is 9.47. The molecule has 8 heteroatoms. The van der Waals surface area contributed by atoms with E-state index in [1.165, 1.54) is 11.9 Å². The summed E-state index contributed by atoms with van der Waals surface area (Å²) in [4.78, 5) is 26.4. The summed E-state index contributed by atoms with van der Waals surface area (Å²) in [5.74, 6) is -0.527. The average molecular weight is 389 g/mol. The van der Waals surface area contributed by atoms with E-state index < -0.39 is 0 Å². The number of carbonyl (C=O) groups excluding carboxylic acids is 2. The number of carbonyl (C=O) groups is 2. The van der Waals surface area contributed by atoms with Crippen molar-refractivity contribution in [2.45, 2.75) is 26.2 Å². The molecule has 0 N–H and O–H groups in total. The fourth-order valence-electron chi connectivity index (χ4n) is 2.79. The average Bonchev–Trinajstić information content (AvgIpc) is 3.09. The van der Waals surface area contributed by atoms with Crippen LogP contribution in [0.2, 0.25) is 5.02 Å². The predicted molar refractivity (Wildman–Crippen MR) is 103 cm³/mol. The second kappa shape index (κ2) is 7.94. The van der Waals surface area contributed by atoms with Gasteiger partial charge in [-0.2, -0.15) is 10.4 Å². The molecule has 0 spiro atoms. The molecule has 0 aromatic heterocycles.